The molecule has 2 aromatic heterocycles. The standard InChI is InChI=1S/C20H22N4O3/c1-5-24(20(27)18-11(2)17(13(4)25)12(3)21-18)10-16-22-15-9-7-6-8-14(15)19(26)23-16/h6-9,21H,5,10H2,1-4H3,(H,22,23,26). The van der Waals surface area contributed by atoms with Gasteiger partial charge in [0.1, 0.15) is 11.5 Å². The van der Waals surface area contributed by atoms with Gasteiger partial charge in [0.25, 0.3) is 11.5 Å². The average Bonchev–Trinajstić information content (AvgIpc) is 2.93. The van der Waals surface area contributed by atoms with E-state index in [4.69, 9.17) is 0 Å². The molecule has 0 aliphatic rings. The lowest BCUT2D eigenvalue weighted by molar-refractivity contribution is 0.0742. The van der Waals surface area contributed by atoms with Crippen molar-refractivity contribution in [1.29, 1.82) is 0 Å². The zero-order valence-corrected chi connectivity index (χ0v) is 15.8. The summed E-state index contributed by atoms with van der Waals surface area (Å²) in [6, 6.07) is 7.07. The molecular weight excluding hydrogens is 344 g/mol. The molecule has 0 aliphatic carbocycles. The lowest BCUT2D eigenvalue weighted by Gasteiger charge is -2.20. The number of amides is 1. The zero-order chi connectivity index (χ0) is 19.7. The number of benzene rings is 1. The lowest BCUT2D eigenvalue weighted by atomic mass is 10.1. The Kier molecular flexibility index (Phi) is 4.94. The van der Waals surface area contributed by atoms with Crippen LogP contribution in [0.25, 0.3) is 10.9 Å². The second-order valence-corrected chi connectivity index (χ2v) is 6.53. The molecule has 27 heavy (non-hydrogen) atoms. The van der Waals surface area contributed by atoms with Gasteiger partial charge in [-0.1, -0.05) is 12.1 Å². The number of hydrogen-bond acceptors (Lipinski definition) is 4. The highest BCUT2D eigenvalue weighted by Crippen LogP contribution is 2.20. The van der Waals surface area contributed by atoms with Gasteiger partial charge in [-0.25, -0.2) is 4.98 Å². The van der Waals surface area contributed by atoms with E-state index in [2.05, 4.69) is 15.0 Å². The number of aromatic nitrogens is 3. The molecule has 0 saturated heterocycles. The minimum absolute atomic E-state index is 0.0797. The van der Waals surface area contributed by atoms with Gasteiger partial charge in [0.05, 0.1) is 17.4 Å². The van der Waals surface area contributed by atoms with Crippen LogP contribution in [0.15, 0.2) is 29.1 Å². The fourth-order valence-corrected chi connectivity index (χ4v) is 3.37. The van der Waals surface area contributed by atoms with Crippen molar-refractivity contribution in [2.24, 2.45) is 0 Å². The summed E-state index contributed by atoms with van der Waals surface area (Å²) in [4.78, 5) is 48.9. The second kappa shape index (κ2) is 7.19. The number of nitrogens with one attached hydrogen (secondary N) is 2. The van der Waals surface area contributed by atoms with Gasteiger partial charge in [0.15, 0.2) is 5.78 Å². The van der Waals surface area contributed by atoms with E-state index >= 15 is 0 Å². The van der Waals surface area contributed by atoms with Gasteiger partial charge in [-0.2, -0.15) is 0 Å². The highest BCUT2D eigenvalue weighted by molar-refractivity contribution is 6.02. The van der Waals surface area contributed by atoms with Gasteiger partial charge in [0.2, 0.25) is 0 Å². The van der Waals surface area contributed by atoms with Crippen LogP contribution in [0.3, 0.4) is 0 Å². The first-order chi connectivity index (χ1) is 12.8. The molecule has 0 unspecified atom stereocenters. The van der Waals surface area contributed by atoms with Crippen molar-refractivity contribution in [3.8, 4) is 0 Å². The van der Waals surface area contributed by atoms with Gasteiger partial charge in [0, 0.05) is 17.8 Å². The van der Waals surface area contributed by atoms with E-state index in [-0.39, 0.29) is 23.8 Å². The first-order valence-electron chi connectivity index (χ1n) is 8.80. The third-order valence-electron chi connectivity index (χ3n) is 4.67. The summed E-state index contributed by atoms with van der Waals surface area (Å²) >= 11 is 0. The van der Waals surface area contributed by atoms with Gasteiger partial charge in [-0.3, -0.25) is 14.4 Å². The number of H-pyrrole nitrogens is 2. The number of aromatic amines is 2. The Labute approximate surface area is 156 Å². The number of para-hydroxylation sites is 1. The number of nitrogens with zero attached hydrogens (tertiary/aromatic N) is 2. The maximum atomic E-state index is 13.0. The van der Waals surface area contributed by atoms with E-state index in [0.717, 1.165) is 0 Å². The number of rotatable bonds is 5. The predicted molar refractivity (Wildman–Crippen MR) is 103 cm³/mol. The molecule has 0 aliphatic heterocycles. The number of fused-ring (bicyclic) bond motifs is 1. The van der Waals surface area contributed by atoms with Crippen molar-refractivity contribution in [1.82, 2.24) is 19.9 Å². The first kappa shape index (κ1) is 18.6. The quantitative estimate of drug-likeness (QED) is 0.678. The summed E-state index contributed by atoms with van der Waals surface area (Å²) in [6.07, 6.45) is 0. The first-order valence-corrected chi connectivity index (χ1v) is 8.80. The normalized spacial score (nSPS) is 11.0. The number of ketones is 1. The third kappa shape index (κ3) is 3.40. The maximum absolute atomic E-state index is 13.0. The number of hydrogen-bond donors (Lipinski definition) is 2. The summed E-state index contributed by atoms with van der Waals surface area (Å²) in [5, 5.41) is 0.512. The smallest absolute Gasteiger partial charge is 0.270 e. The summed E-state index contributed by atoms with van der Waals surface area (Å²) in [5.41, 5.74) is 2.62. The predicted octanol–water partition coefficient (Wildman–Crippen LogP) is 2.73. The minimum Gasteiger partial charge on any atom is -0.354 e. The fraction of sp³-hybridized carbons (Fsp3) is 0.300. The van der Waals surface area contributed by atoms with Crippen molar-refractivity contribution in [3.05, 3.63) is 63.0 Å². The van der Waals surface area contributed by atoms with E-state index in [1.165, 1.54) is 6.92 Å². The Hall–Kier alpha value is -3.22. The van der Waals surface area contributed by atoms with Crippen molar-refractivity contribution >= 4 is 22.6 Å². The molecule has 0 spiro atoms. The van der Waals surface area contributed by atoms with E-state index in [1.54, 1.807) is 36.9 Å². The van der Waals surface area contributed by atoms with Crippen molar-refractivity contribution in [2.45, 2.75) is 34.2 Å². The molecule has 3 aromatic rings. The average molecular weight is 366 g/mol. The number of carbonyl (C=O) groups excluding carboxylic acids is 2. The summed E-state index contributed by atoms with van der Waals surface area (Å²) < 4.78 is 0. The highest BCUT2D eigenvalue weighted by Gasteiger charge is 2.24. The molecule has 0 radical (unpaired) electrons. The summed E-state index contributed by atoms with van der Waals surface area (Å²) in [6.45, 7) is 7.48. The molecule has 7 heteroatoms. The number of carbonyl (C=O) groups is 2. The van der Waals surface area contributed by atoms with Crippen LogP contribution in [0.4, 0.5) is 0 Å². The molecule has 0 fully saturated rings. The summed E-state index contributed by atoms with van der Waals surface area (Å²) in [7, 11) is 0. The second-order valence-electron chi connectivity index (χ2n) is 6.53. The monoisotopic (exact) mass is 366 g/mol. The Morgan fingerprint density at radius 3 is 2.48 bits per heavy atom. The molecule has 1 amide bonds. The van der Waals surface area contributed by atoms with Crippen LogP contribution in [0.2, 0.25) is 0 Å². The van der Waals surface area contributed by atoms with E-state index in [9.17, 15) is 14.4 Å². The topological polar surface area (TPSA) is 98.9 Å². The molecule has 2 heterocycles. The van der Waals surface area contributed by atoms with Crippen LogP contribution in [-0.4, -0.2) is 38.1 Å². The van der Waals surface area contributed by atoms with Crippen molar-refractivity contribution in [2.75, 3.05) is 6.54 Å². The molecule has 7 nitrogen and oxygen atoms in total. The van der Waals surface area contributed by atoms with E-state index in [1.807, 2.05) is 13.0 Å². The molecule has 1 aromatic carbocycles. The van der Waals surface area contributed by atoms with Crippen LogP contribution in [0.1, 0.15) is 51.8 Å². The van der Waals surface area contributed by atoms with Crippen LogP contribution in [0, 0.1) is 13.8 Å². The van der Waals surface area contributed by atoms with Crippen molar-refractivity contribution < 1.29 is 9.59 Å². The Bertz CT molecular complexity index is 1090. The molecule has 140 valence electrons. The van der Waals surface area contributed by atoms with Gasteiger partial charge < -0.3 is 14.9 Å². The molecule has 0 bridgehead atoms. The lowest BCUT2D eigenvalue weighted by Crippen LogP contribution is -2.32. The van der Waals surface area contributed by atoms with Gasteiger partial charge >= 0.3 is 0 Å². The Morgan fingerprint density at radius 1 is 1.15 bits per heavy atom. The third-order valence-corrected chi connectivity index (χ3v) is 4.67. The highest BCUT2D eigenvalue weighted by atomic mass is 16.2. The van der Waals surface area contributed by atoms with Crippen LogP contribution in [-0.2, 0) is 6.54 Å². The SMILES string of the molecule is CCN(Cc1nc2ccccc2c(=O)[nH]1)C(=O)c1[nH]c(C)c(C(C)=O)c1C. The molecular formula is C20H22N4O3. The van der Waals surface area contributed by atoms with Gasteiger partial charge in [-0.05, 0) is 45.4 Å². The number of aryl methyl sites for hydroxylation is 1. The molecule has 0 saturated carbocycles. The Balaban J connectivity index is 1.94. The van der Waals surface area contributed by atoms with Crippen LogP contribution >= 0.6 is 0 Å². The van der Waals surface area contributed by atoms with Crippen molar-refractivity contribution in [3.63, 3.8) is 0 Å². The van der Waals surface area contributed by atoms with E-state index < -0.39 is 0 Å². The summed E-state index contributed by atoms with van der Waals surface area (Å²) in [5.74, 6) is 0.104. The molecule has 2 N–H and O–H groups in total. The Morgan fingerprint density at radius 2 is 1.85 bits per heavy atom. The maximum Gasteiger partial charge on any atom is 0.270 e. The van der Waals surface area contributed by atoms with Crippen LogP contribution in [0.5, 0.6) is 0 Å². The number of Topliss-reactive ketones (excluding diaryl/α,β-unsaturated/α-hetero) is 1. The minimum atomic E-state index is -0.235. The van der Waals surface area contributed by atoms with Crippen LogP contribution < -0.4 is 5.56 Å². The zero-order valence-electron chi connectivity index (χ0n) is 15.8. The van der Waals surface area contributed by atoms with E-state index in [0.29, 0.717) is 45.8 Å². The fourth-order valence-electron chi connectivity index (χ4n) is 3.37. The largest absolute Gasteiger partial charge is 0.354 e. The molecule has 0 atom stereocenters. The van der Waals surface area contributed by atoms with Gasteiger partial charge in [-0.15, -0.1) is 0 Å². The molecule has 3 rings (SSSR count).